The lowest BCUT2D eigenvalue weighted by Crippen LogP contribution is -2.37. The van der Waals surface area contributed by atoms with Crippen LogP contribution in [-0.4, -0.2) is 55.5 Å². The number of nitrogens with zero attached hydrogens (tertiary/aromatic N) is 2. The lowest BCUT2D eigenvalue weighted by atomic mass is 10.1. The highest BCUT2D eigenvalue weighted by Gasteiger charge is 2.24. The molecule has 2 aromatic rings. The minimum absolute atomic E-state index is 0.00491. The number of carbonyl (C=O) groups is 3. The second-order valence-electron chi connectivity index (χ2n) is 6.73. The Morgan fingerprint density at radius 3 is 2.61 bits per heavy atom. The van der Waals surface area contributed by atoms with Crippen LogP contribution in [0.5, 0.6) is 0 Å². The molecular formula is C20H21N3O8. The van der Waals surface area contributed by atoms with E-state index in [9.17, 15) is 24.5 Å². The number of esters is 1. The molecule has 0 saturated carbocycles. The van der Waals surface area contributed by atoms with E-state index in [0.29, 0.717) is 37.8 Å². The number of rotatable bonds is 8. The second-order valence-corrected chi connectivity index (χ2v) is 6.73. The summed E-state index contributed by atoms with van der Waals surface area (Å²) in [6.45, 7) is 2.83. The number of non-ortho nitro benzene ring substituents is 1. The summed E-state index contributed by atoms with van der Waals surface area (Å²) in [6.07, 6.45) is 0. The molecule has 3 rings (SSSR count). The van der Waals surface area contributed by atoms with Gasteiger partial charge in [-0.05, 0) is 18.2 Å². The summed E-state index contributed by atoms with van der Waals surface area (Å²) < 4.78 is 15.8. The Kier molecular flexibility index (Phi) is 6.98. The quantitative estimate of drug-likeness (QED) is 0.286. The number of Topliss-reactive ketones (excluding diaryl/α,β-unsaturated/α-hetero) is 1. The summed E-state index contributed by atoms with van der Waals surface area (Å²) in [5.74, 6) is -1.34. The van der Waals surface area contributed by atoms with Crippen LogP contribution in [0.4, 0.5) is 11.4 Å². The molecule has 1 aliphatic rings. The Hall–Kier alpha value is -3.73. The number of ether oxygens (including phenoxy) is 2. The van der Waals surface area contributed by atoms with E-state index in [1.807, 2.05) is 4.90 Å². The van der Waals surface area contributed by atoms with E-state index >= 15 is 0 Å². The largest absolute Gasteiger partial charge is 0.456 e. The van der Waals surface area contributed by atoms with E-state index in [2.05, 4.69) is 5.32 Å². The smallest absolute Gasteiger partial charge is 0.340 e. The number of amides is 1. The summed E-state index contributed by atoms with van der Waals surface area (Å²) >= 11 is 0. The molecule has 1 fully saturated rings. The molecular weight excluding hydrogens is 410 g/mol. The van der Waals surface area contributed by atoms with Crippen molar-refractivity contribution >= 4 is 29.0 Å². The molecule has 1 aliphatic heterocycles. The Balaban J connectivity index is 1.70. The lowest BCUT2D eigenvalue weighted by molar-refractivity contribution is -0.384. The zero-order valence-electron chi connectivity index (χ0n) is 16.8. The predicted octanol–water partition coefficient (Wildman–Crippen LogP) is 1.70. The molecule has 1 amide bonds. The topological polar surface area (TPSA) is 141 Å². The second kappa shape index (κ2) is 9.85. The van der Waals surface area contributed by atoms with Gasteiger partial charge in [0.1, 0.15) is 5.76 Å². The fourth-order valence-corrected chi connectivity index (χ4v) is 3.00. The zero-order chi connectivity index (χ0) is 22.4. The number of carbonyl (C=O) groups excluding carboxylic acids is 3. The van der Waals surface area contributed by atoms with E-state index in [1.54, 1.807) is 0 Å². The molecule has 0 spiro atoms. The van der Waals surface area contributed by atoms with Crippen molar-refractivity contribution in [2.45, 2.75) is 13.5 Å². The van der Waals surface area contributed by atoms with Crippen LogP contribution in [0.2, 0.25) is 0 Å². The van der Waals surface area contributed by atoms with Gasteiger partial charge in [0.05, 0.1) is 35.9 Å². The molecule has 1 aromatic carbocycles. The molecule has 2 heterocycles. The van der Waals surface area contributed by atoms with Crippen LogP contribution in [0.1, 0.15) is 33.6 Å². The number of morpholine rings is 1. The maximum Gasteiger partial charge on any atom is 0.340 e. The van der Waals surface area contributed by atoms with Gasteiger partial charge in [0, 0.05) is 32.1 Å². The van der Waals surface area contributed by atoms with Gasteiger partial charge < -0.3 is 24.1 Å². The average molecular weight is 431 g/mol. The van der Waals surface area contributed by atoms with Crippen LogP contribution in [0.25, 0.3) is 0 Å². The van der Waals surface area contributed by atoms with Crippen molar-refractivity contribution in [3.05, 3.63) is 57.5 Å². The van der Waals surface area contributed by atoms with E-state index in [0.717, 1.165) is 6.07 Å². The lowest BCUT2D eigenvalue weighted by Gasteiger charge is -2.30. The Labute approximate surface area is 177 Å². The maximum absolute atomic E-state index is 12.7. The van der Waals surface area contributed by atoms with Gasteiger partial charge in [0.2, 0.25) is 11.7 Å². The number of hydrogen-bond acceptors (Lipinski definition) is 9. The third-order valence-corrected chi connectivity index (χ3v) is 4.55. The van der Waals surface area contributed by atoms with Crippen molar-refractivity contribution in [3.63, 3.8) is 0 Å². The van der Waals surface area contributed by atoms with Crippen molar-refractivity contribution in [1.29, 1.82) is 0 Å². The zero-order valence-corrected chi connectivity index (χ0v) is 16.8. The number of benzene rings is 1. The van der Waals surface area contributed by atoms with Crippen LogP contribution in [0.15, 0.2) is 34.7 Å². The Bertz CT molecular complexity index is 994. The van der Waals surface area contributed by atoms with Crippen LogP contribution in [-0.2, 0) is 20.8 Å². The molecule has 1 saturated heterocycles. The first kappa shape index (κ1) is 22.0. The molecule has 0 radical (unpaired) electrons. The first-order chi connectivity index (χ1) is 14.8. The van der Waals surface area contributed by atoms with Gasteiger partial charge in [-0.1, -0.05) is 0 Å². The summed E-state index contributed by atoms with van der Waals surface area (Å²) in [6, 6.07) is 6.88. The molecule has 0 atom stereocenters. The van der Waals surface area contributed by atoms with E-state index in [1.165, 1.54) is 31.2 Å². The van der Waals surface area contributed by atoms with Gasteiger partial charge in [0.25, 0.3) is 5.69 Å². The molecule has 0 aliphatic carbocycles. The van der Waals surface area contributed by atoms with Gasteiger partial charge in [-0.3, -0.25) is 19.7 Å². The van der Waals surface area contributed by atoms with Crippen molar-refractivity contribution in [3.8, 4) is 0 Å². The Morgan fingerprint density at radius 1 is 1.19 bits per heavy atom. The van der Waals surface area contributed by atoms with Gasteiger partial charge in [-0.15, -0.1) is 0 Å². The average Bonchev–Trinajstić information content (AvgIpc) is 3.25. The van der Waals surface area contributed by atoms with Crippen LogP contribution >= 0.6 is 0 Å². The van der Waals surface area contributed by atoms with Crippen molar-refractivity contribution in [1.82, 2.24) is 5.32 Å². The normalized spacial score (nSPS) is 13.5. The number of furan rings is 1. The fourth-order valence-electron chi connectivity index (χ4n) is 3.00. The highest BCUT2D eigenvalue weighted by Crippen LogP contribution is 2.27. The number of nitro groups is 1. The summed E-state index contributed by atoms with van der Waals surface area (Å²) in [7, 11) is 0. The summed E-state index contributed by atoms with van der Waals surface area (Å²) in [4.78, 5) is 48.3. The minimum Gasteiger partial charge on any atom is -0.456 e. The summed E-state index contributed by atoms with van der Waals surface area (Å²) in [5, 5.41) is 13.7. The number of anilines is 1. The van der Waals surface area contributed by atoms with Gasteiger partial charge >= 0.3 is 5.97 Å². The SMILES string of the molecule is CC(=O)NCc1ccc(C(=O)COC(=O)c2cc([N+](=O)[O-])ccc2N2CCOCC2)o1. The van der Waals surface area contributed by atoms with E-state index < -0.39 is 23.3 Å². The van der Waals surface area contributed by atoms with E-state index in [-0.39, 0.29) is 29.5 Å². The van der Waals surface area contributed by atoms with Crippen molar-refractivity contribution in [2.24, 2.45) is 0 Å². The van der Waals surface area contributed by atoms with Gasteiger partial charge in [-0.2, -0.15) is 0 Å². The number of nitro benzene ring substituents is 1. The third kappa shape index (κ3) is 5.66. The number of nitrogens with one attached hydrogen (secondary N) is 1. The predicted molar refractivity (Wildman–Crippen MR) is 107 cm³/mol. The molecule has 11 nitrogen and oxygen atoms in total. The standard InChI is InChI=1S/C20H21N3O8/c1-13(24)21-11-15-3-5-19(31-15)18(25)12-30-20(26)16-10-14(23(27)28)2-4-17(16)22-6-8-29-9-7-22/h2-5,10H,6-9,11-12H2,1H3,(H,21,24). The van der Waals surface area contributed by atoms with E-state index in [4.69, 9.17) is 13.9 Å². The highest BCUT2D eigenvalue weighted by molar-refractivity contribution is 6.00. The van der Waals surface area contributed by atoms with Crippen molar-refractivity contribution < 1.29 is 33.2 Å². The molecule has 0 unspecified atom stereocenters. The van der Waals surface area contributed by atoms with Crippen LogP contribution in [0, 0.1) is 10.1 Å². The van der Waals surface area contributed by atoms with Gasteiger partial charge in [-0.25, -0.2) is 4.79 Å². The molecule has 1 N–H and O–H groups in total. The monoisotopic (exact) mass is 431 g/mol. The molecule has 164 valence electrons. The summed E-state index contributed by atoms with van der Waals surface area (Å²) in [5.41, 5.74) is 0.209. The molecule has 31 heavy (non-hydrogen) atoms. The van der Waals surface area contributed by atoms with Crippen molar-refractivity contribution in [2.75, 3.05) is 37.8 Å². The maximum atomic E-state index is 12.7. The highest BCUT2D eigenvalue weighted by atomic mass is 16.6. The first-order valence-corrected chi connectivity index (χ1v) is 9.49. The molecule has 1 aromatic heterocycles. The number of hydrogen-bond donors (Lipinski definition) is 1. The Morgan fingerprint density at radius 2 is 1.94 bits per heavy atom. The molecule has 0 bridgehead atoms. The fraction of sp³-hybridized carbons (Fsp3) is 0.350. The minimum atomic E-state index is -0.858. The third-order valence-electron chi connectivity index (χ3n) is 4.55. The van der Waals surface area contributed by atoms with Crippen LogP contribution in [0.3, 0.4) is 0 Å². The first-order valence-electron chi connectivity index (χ1n) is 9.49. The van der Waals surface area contributed by atoms with Gasteiger partial charge in [0.15, 0.2) is 12.4 Å². The van der Waals surface area contributed by atoms with Crippen LogP contribution < -0.4 is 10.2 Å². The number of ketones is 1. The molecule has 11 heteroatoms.